The number of rotatable bonds is 8. The number of nitrogens with zero attached hydrogens (tertiary/aromatic N) is 2. The zero-order chi connectivity index (χ0) is 14.2. The average Bonchev–Trinajstić information content (AvgIpc) is 2.93. The maximum Gasteiger partial charge on any atom is 0.387 e. The van der Waals surface area contributed by atoms with E-state index in [2.05, 4.69) is 25.2 Å². The van der Waals surface area contributed by atoms with Gasteiger partial charge in [-0.15, -0.1) is 0 Å². The molecule has 0 aliphatic rings. The van der Waals surface area contributed by atoms with Crippen molar-refractivity contribution in [3.63, 3.8) is 0 Å². The van der Waals surface area contributed by atoms with Gasteiger partial charge < -0.3 is 10.1 Å². The van der Waals surface area contributed by atoms with Crippen LogP contribution in [0.2, 0.25) is 0 Å². The third-order valence-corrected chi connectivity index (χ3v) is 2.71. The molecule has 20 heavy (non-hydrogen) atoms. The second-order valence-corrected chi connectivity index (χ2v) is 4.23. The molecule has 1 heterocycles. The van der Waals surface area contributed by atoms with Gasteiger partial charge in [-0.1, -0.05) is 12.1 Å². The van der Waals surface area contributed by atoms with Gasteiger partial charge in [-0.3, -0.25) is 5.10 Å². The fourth-order valence-electron chi connectivity index (χ4n) is 1.75. The highest BCUT2D eigenvalue weighted by atomic mass is 19.3. The molecular formula is C13H16F2N4O. The van der Waals surface area contributed by atoms with E-state index < -0.39 is 6.61 Å². The predicted molar refractivity (Wildman–Crippen MR) is 69.5 cm³/mol. The van der Waals surface area contributed by atoms with E-state index in [0.717, 1.165) is 30.8 Å². The number of aryl methyl sites for hydroxylation is 1. The Morgan fingerprint density at radius 2 is 2.05 bits per heavy atom. The van der Waals surface area contributed by atoms with E-state index >= 15 is 0 Å². The van der Waals surface area contributed by atoms with E-state index in [4.69, 9.17) is 0 Å². The van der Waals surface area contributed by atoms with Crippen molar-refractivity contribution in [3.05, 3.63) is 42.0 Å². The number of aromatic nitrogens is 3. The van der Waals surface area contributed by atoms with Gasteiger partial charge >= 0.3 is 6.61 Å². The van der Waals surface area contributed by atoms with E-state index in [1.165, 1.54) is 18.5 Å². The molecule has 0 radical (unpaired) electrons. The van der Waals surface area contributed by atoms with Gasteiger partial charge in [-0.2, -0.15) is 13.9 Å². The highest BCUT2D eigenvalue weighted by Crippen LogP contribution is 2.14. The van der Waals surface area contributed by atoms with Gasteiger partial charge in [0.25, 0.3) is 0 Å². The minimum Gasteiger partial charge on any atom is -0.435 e. The first-order valence-corrected chi connectivity index (χ1v) is 6.33. The minimum atomic E-state index is -2.78. The van der Waals surface area contributed by atoms with Crippen molar-refractivity contribution in [2.45, 2.75) is 26.0 Å². The fraction of sp³-hybridized carbons (Fsp3) is 0.385. The van der Waals surface area contributed by atoms with Crippen LogP contribution in [-0.2, 0) is 13.0 Å². The lowest BCUT2D eigenvalue weighted by Gasteiger charge is -2.07. The second-order valence-electron chi connectivity index (χ2n) is 4.23. The molecule has 0 saturated heterocycles. The maximum absolute atomic E-state index is 12.0. The summed E-state index contributed by atoms with van der Waals surface area (Å²) in [7, 11) is 0. The first kappa shape index (κ1) is 14.4. The monoisotopic (exact) mass is 282 g/mol. The summed E-state index contributed by atoms with van der Waals surface area (Å²) in [5, 5.41) is 9.85. The van der Waals surface area contributed by atoms with Gasteiger partial charge in [-0.25, -0.2) is 4.98 Å². The Kier molecular flexibility index (Phi) is 5.43. The number of hydrogen-bond donors (Lipinski definition) is 2. The van der Waals surface area contributed by atoms with Gasteiger partial charge in [0.15, 0.2) is 0 Å². The molecule has 2 N–H and O–H groups in total. The van der Waals surface area contributed by atoms with Crippen molar-refractivity contribution < 1.29 is 13.5 Å². The third-order valence-electron chi connectivity index (χ3n) is 2.71. The van der Waals surface area contributed by atoms with Crippen molar-refractivity contribution in [1.82, 2.24) is 20.5 Å². The number of alkyl halides is 2. The lowest BCUT2D eigenvalue weighted by atomic mass is 10.2. The number of benzene rings is 1. The van der Waals surface area contributed by atoms with Crippen LogP contribution in [0.1, 0.15) is 17.8 Å². The smallest absolute Gasteiger partial charge is 0.387 e. The summed E-state index contributed by atoms with van der Waals surface area (Å²) in [6.07, 6.45) is 3.28. The Labute approximate surface area is 115 Å². The van der Waals surface area contributed by atoms with Crippen molar-refractivity contribution >= 4 is 0 Å². The highest BCUT2D eigenvalue weighted by molar-refractivity contribution is 5.27. The Hall–Kier alpha value is -2.02. The maximum atomic E-state index is 12.0. The Morgan fingerprint density at radius 1 is 1.25 bits per heavy atom. The van der Waals surface area contributed by atoms with E-state index in [1.54, 1.807) is 12.1 Å². The lowest BCUT2D eigenvalue weighted by Crippen LogP contribution is -2.15. The van der Waals surface area contributed by atoms with Crippen LogP contribution in [0.4, 0.5) is 8.78 Å². The molecule has 0 unspecified atom stereocenters. The fourth-order valence-corrected chi connectivity index (χ4v) is 1.75. The van der Waals surface area contributed by atoms with Crippen LogP contribution in [-0.4, -0.2) is 28.3 Å². The van der Waals surface area contributed by atoms with E-state index in [9.17, 15) is 8.78 Å². The molecule has 0 fully saturated rings. The molecular weight excluding hydrogens is 266 g/mol. The quantitative estimate of drug-likeness (QED) is 0.728. The summed E-state index contributed by atoms with van der Waals surface area (Å²) in [4.78, 5) is 4.04. The minimum absolute atomic E-state index is 0.175. The first-order chi connectivity index (χ1) is 9.74. The standard InChI is InChI=1S/C13H16F2N4O/c14-13(15)20-11-5-3-10(4-6-11)8-16-7-1-2-12-17-9-18-19-12/h3-6,9,13,16H,1-2,7-8H2,(H,17,18,19). The Bertz CT molecular complexity index is 488. The van der Waals surface area contributed by atoms with Crippen LogP contribution in [0, 0.1) is 0 Å². The molecule has 7 heteroatoms. The first-order valence-electron chi connectivity index (χ1n) is 6.33. The molecule has 0 spiro atoms. The van der Waals surface area contributed by atoms with Crippen molar-refractivity contribution in [2.75, 3.05) is 6.54 Å². The number of nitrogens with one attached hydrogen (secondary N) is 2. The van der Waals surface area contributed by atoms with Gasteiger partial charge in [0, 0.05) is 13.0 Å². The number of halogens is 2. The molecule has 1 aromatic heterocycles. The average molecular weight is 282 g/mol. The van der Waals surface area contributed by atoms with Crippen molar-refractivity contribution in [1.29, 1.82) is 0 Å². The van der Waals surface area contributed by atoms with Crippen LogP contribution in [0.3, 0.4) is 0 Å². The second kappa shape index (κ2) is 7.54. The van der Waals surface area contributed by atoms with E-state index in [0.29, 0.717) is 6.54 Å². The van der Waals surface area contributed by atoms with Crippen LogP contribution in [0.5, 0.6) is 5.75 Å². The molecule has 2 rings (SSSR count). The SMILES string of the molecule is FC(F)Oc1ccc(CNCCCc2ncn[nH]2)cc1. The van der Waals surface area contributed by atoms with Crippen molar-refractivity contribution in [3.8, 4) is 5.75 Å². The lowest BCUT2D eigenvalue weighted by molar-refractivity contribution is -0.0498. The molecule has 5 nitrogen and oxygen atoms in total. The van der Waals surface area contributed by atoms with E-state index in [1.807, 2.05) is 0 Å². The molecule has 0 amide bonds. The van der Waals surface area contributed by atoms with Crippen LogP contribution < -0.4 is 10.1 Å². The summed E-state index contributed by atoms with van der Waals surface area (Å²) in [6.45, 7) is -1.25. The molecule has 1 aromatic carbocycles. The zero-order valence-electron chi connectivity index (χ0n) is 10.9. The number of H-pyrrole nitrogens is 1. The van der Waals surface area contributed by atoms with Crippen LogP contribution in [0.15, 0.2) is 30.6 Å². The molecule has 0 saturated carbocycles. The molecule has 0 bridgehead atoms. The summed E-state index contributed by atoms with van der Waals surface area (Å²) in [5.74, 6) is 1.05. The number of aromatic amines is 1. The summed E-state index contributed by atoms with van der Waals surface area (Å²) in [5.41, 5.74) is 1.02. The highest BCUT2D eigenvalue weighted by Gasteiger charge is 2.03. The van der Waals surface area contributed by atoms with Gasteiger partial charge in [0.1, 0.15) is 17.9 Å². The molecule has 108 valence electrons. The molecule has 0 atom stereocenters. The largest absolute Gasteiger partial charge is 0.435 e. The molecule has 0 aliphatic carbocycles. The summed E-state index contributed by atoms with van der Waals surface area (Å²) in [6, 6.07) is 6.61. The number of ether oxygens (including phenoxy) is 1. The van der Waals surface area contributed by atoms with Crippen LogP contribution >= 0.6 is 0 Å². The third kappa shape index (κ3) is 4.93. The molecule has 0 aliphatic heterocycles. The van der Waals surface area contributed by atoms with Crippen molar-refractivity contribution in [2.24, 2.45) is 0 Å². The summed E-state index contributed by atoms with van der Waals surface area (Å²) >= 11 is 0. The number of hydrogen-bond acceptors (Lipinski definition) is 4. The van der Waals surface area contributed by atoms with Gasteiger partial charge in [0.2, 0.25) is 0 Å². The molecule has 2 aromatic rings. The Balaban J connectivity index is 1.64. The normalized spacial score (nSPS) is 10.9. The topological polar surface area (TPSA) is 62.8 Å². The summed E-state index contributed by atoms with van der Waals surface area (Å²) < 4.78 is 28.2. The van der Waals surface area contributed by atoms with Gasteiger partial charge in [0.05, 0.1) is 0 Å². The Morgan fingerprint density at radius 3 is 2.70 bits per heavy atom. The predicted octanol–water partition coefficient (Wildman–Crippen LogP) is 2.13. The van der Waals surface area contributed by atoms with Crippen LogP contribution in [0.25, 0.3) is 0 Å². The van der Waals surface area contributed by atoms with E-state index in [-0.39, 0.29) is 5.75 Å². The zero-order valence-corrected chi connectivity index (χ0v) is 10.9. The van der Waals surface area contributed by atoms with Gasteiger partial charge in [-0.05, 0) is 30.7 Å².